The molecule has 1 unspecified atom stereocenters. The number of halogens is 1. The Kier molecular flexibility index (Phi) is 9.34. The molecular weight excluding hydrogens is 433 g/mol. The van der Waals surface area contributed by atoms with Crippen molar-refractivity contribution in [2.45, 2.75) is 36.8 Å². The summed E-state index contributed by atoms with van der Waals surface area (Å²) in [6.45, 7) is 5.74. The van der Waals surface area contributed by atoms with E-state index in [9.17, 15) is 8.77 Å². The van der Waals surface area contributed by atoms with Gasteiger partial charge in [-0.1, -0.05) is 29.8 Å². The number of benzene rings is 2. The highest BCUT2D eigenvalue weighted by Gasteiger charge is 2.41. The van der Waals surface area contributed by atoms with Crippen molar-refractivity contribution in [2.24, 2.45) is 0 Å². The second-order valence-corrected chi connectivity index (χ2v) is 10.4. The first-order valence-electron chi connectivity index (χ1n) is 9.26. The molecule has 1 N–H and O–H groups in total. The van der Waals surface area contributed by atoms with Gasteiger partial charge in [0, 0.05) is 0 Å². The Morgan fingerprint density at radius 2 is 1.59 bits per heavy atom. The Hall–Kier alpha value is -1.21. The fraction of sp³-hybridized carbons (Fsp3) is 0.400. The van der Waals surface area contributed by atoms with E-state index in [4.69, 9.17) is 25.4 Å². The van der Waals surface area contributed by atoms with Crippen LogP contribution in [0.25, 0.3) is 0 Å². The maximum Gasteiger partial charge on any atom is 0.350 e. The Bertz CT molecular complexity index is 837. The standard InChI is InChI=1S/C20H27ClNO5PS/c1-5-26-28(23,27-6-2)20(21)19(16-9-11-17(25-4)12-10-16)22-29(24)18-13-7-15(3)8-14-18/h7-14,19-20,22H,5-6H2,1-4H3/t19-,20-,29?/m1/s1. The molecule has 9 heteroatoms. The molecule has 6 nitrogen and oxygen atoms in total. The minimum absolute atomic E-state index is 0.177. The zero-order valence-electron chi connectivity index (χ0n) is 17.0. The summed E-state index contributed by atoms with van der Waals surface area (Å²) >= 11 is 6.64. The summed E-state index contributed by atoms with van der Waals surface area (Å²) in [5.41, 5.74) is 1.75. The van der Waals surface area contributed by atoms with Crippen LogP contribution in [-0.4, -0.2) is 29.7 Å². The fourth-order valence-electron chi connectivity index (χ4n) is 2.66. The summed E-state index contributed by atoms with van der Waals surface area (Å²) in [6.07, 6.45) is 0. The SMILES string of the molecule is CCOP(=O)(OCC)[C@@H](Cl)[C@H](NS(=O)c1ccc(C)cc1)c1ccc(OC)cc1. The van der Waals surface area contributed by atoms with Crippen LogP contribution in [0.1, 0.15) is 31.0 Å². The molecule has 0 aliphatic rings. The number of rotatable bonds is 11. The summed E-state index contributed by atoms with van der Waals surface area (Å²) in [5, 5.41) is -1.09. The van der Waals surface area contributed by atoms with Crippen molar-refractivity contribution in [3.8, 4) is 5.75 Å². The molecule has 29 heavy (non-hydrogen) atoms. The lowest BCUT2D eigenvalue weighted by atomic mass is 10.1. The lowest BCUT2D eigenvalue weighted by Gasteiger charge is -2.29. The molecule has 0 amide bonds. The Labute approximate surface area is 180 Å². The van der Waals surface area contributed by atoms with E-state index < -0.39 is 29.7 Å². The van der Waals surface area contributed by atoms with Gasteiger partial charge < -0.3 is 13.8 Å². The average molecular weight is 460 g/mol. The van der Waals surface area contributed by atoms with Gasteiger partial charge in [-0.2, -0.15) is 0 Å². The van der Waals surface area contributed by atoms with Crippen LogP contribution in [0.5, 0.6) is 5.75 Å². The summed E-state index contributed by atoms with van der Waals surface area (Å²) in [4.78, 5) is 0.584. The van der Waals surface area contributed by atoms with Crippen molar-refractivity contribution in [3.63, 3.8) is 0 Å². The van der Waals surface area contributed by atoms with E-state index in [2.05, 4.69) is 4.72 Å². The quantitative estimate of drug-likeness (QED) is 0.370. The zero-order valence-corrected chi connectivity index (χ0v) is 19.4. The van der Waals surface area contributed by atoms with Gasteiger partial charge in [0.2, 0.25) is 0 Å². The van der Waals surface area contributed by atoms with Crippen LogP contribution in [-0.2, 0) is 24.6 Å². The van der Waals surface area contributed by atoms with Crippen molar-refractivity contribution in [3.05, 3.63) is 59.7 Å². The summed E-state index contributed by atoms with van der Waals surface area (Å²) in [7, 11) is -3.69. The molecule has 0 saturated carbocycles. The van der Waals surface area contributed by atoms with Crippen molar-refractivity contribution >= 4 is 30.2 Å². The molecule has 2 rings (SSSR count). The molecule has 0 bridgehead atoms. The summed E-state index contributed by atoms with van der Waals surface area (Å²) < 4.78 is 45.3. The Morgan fingerprint density at radius 3 is 2.07 bits per heavy atom. The average Bonchev–Trinajstić information content (AvgIpc) is 2.72. The topological polar surface area (TPSA) is 73.9 Å². The highest BCUT2D eigenvalue weighted by molar-refractivity contribution is 7.83. The van der Waals surface area contributed by atoms with Crippen molar-refractivity contribution in [1.82, 2.24) is 4.72 Å². The van der Waals surface area contributed by atoms with E-state index in [0.717, 1.165) is 5.56 Å². The van der Waals surface area contributed by atoms with Crippen LogP contribution in [0, 0.1) is 6.92 Å². The number of hydrogen-bond acceptors (Lipinski definition) is 5. The minimum Gasteiger partial charge on any atom is -0.497 e. The van der Waals surface area contributed by atoms with Gasteiger partial charge in [-0.25, -0.2) is 8.93 Å². The normalized spacial score (nSPS) is 14.9. The highest BCUT2D eigenvalue weighted by atomic mass is 35.5. The summed E-state index contributed by atoms with van der Waals surface area (Å²) in [6, 6.07) is 13.6. The second kappa shape index (κ2) is 11.3. The van der Waals surface area contributed by atoms with Crippen LogP contribution >= 0.6 is 19.2 Å². The van der Waals surface area contributed by atoms with E-state index in [0.29, 0.717) is 16.2 Å². The van der Waals surface area contributed by atoms with Crippen molar-refractivity contribution in [1.29, 1.82) is 0 Å². The van der Waals surface area contributed by atoms with E-state index in [1.54, 1.807) is 57.4 Å². The molecule has 0 aliphatic carbocycles. The maximum atomic E-state index is 13.3. The fourth-order valence-corrected chi connectivity index (χ4v) is 6.10. The molecular formula is C20H27ClNO5PS. The third-order valence-electron chi connectivity index (χ3n) is 4.14. The number of nitrogens with one attached hydrogen (secondary N) is 1. The molecule has 0 radical (unpaired) electrons. The van der Waals surface area contributed by atoms with Gasteiger partial charge in [0.05, 0.1) is 31.3 Å². The van der Waals surface area contributed by atoms with Gasteiger partial charge in [-0.3, -0.25) is 4.57 Å². The predicted molar refractivity (Wildman–Crippen MR) is 117 cm³/mol. The first-order valence-corrected chi connectivity index (χ1v) is 12.5. The Balaban J connectivity index is 2.39. The van der Waals surface area contributed by atoms with Gasteiger partial charge in [0.1, 0.15) is 16.7 Å². The van der Waals surface area contributed by atoms with Crippen LogP contribution < -0.4 is 9.46 Å². The molecule has 0 saturated heterocycles. The smallest absolute Gasteiger partial charge is 0.350 e. The van der Waals surface area contributed by atoms with Gasteiger partial charge in [0.15, 0.2) is 5.12 Å². The van der Waals surface area contributed by atoms with Gasteiger partial charge in [-0.05, 0) is 50.6 Å². The second-order valence-electron chi connectivity index (χ2n) is 6.20. The first kappa shape index (κ1) is 24.1. The van der Waals surface area contributed by atoms with E-state index in [-0.39, 0.29) is 13.2 Å². The lowest BCUT2D eigenvalue weighted by Crippen LogP contribution is -2.31. The predicted octanol–water partition coefficient (Wildman–Crippen LogP) is 5.19. The molecule has 0 fully saturated rings. The molecule has 2 aromatic rings. The molecule has 0 heterocycles. The van der Waals surface area contributed by atoms with Crippen LogP contribution in [0.2, 0.25) is 0 Å². The third kappa shape index (κ3) is 6.38. The monoisotopic (exact) mass is 459 g/mol. The lowest BCUT2D eigenvalue weighted by molar-refractivity contribution is 0.215. The Morgan fingerprint density at radius 1 is 1.03 bits per heavy atom. The van der Waals surface area contributed by atoms with Gasteiger partial charge in [0.25, 0.3) is 0 Å². The minimum atomic E-state index is -3.67. The van der Waals surface area contributed by atoms with Gasteiger partial charge >= 0.3 is 7.60 Å². The highest BCUT2D eigenvalue weighted by Crippen LogP contribution is 2.58. The van der Waals surface area contributed by atoms with E-state index >= 15 is 0 Å². The van der Waals surface area contributed by atoms with Crippen LogP contribution in [0.15, 0.2) is 53.4 Å². The van der Waals surface area contributed by atoms with E-state index in [1.165, 1.54) is 0 Å². The molecule has 160 valence electrons. The molecule has 3 atom stereocenters. The third-order valence-corrected chi connectivity index (χ3v) is 8.42. The summed E-state index contributed by atoms with van der Waals surface area (Å²) in [5.74, 6) is 0.663. The molecule has 0 aliphatic heterocycles. The number of hydrogen-bond donors (Lipinski definition) is 1. The maximum absolute atomic E-state index is 13.3. The molecule has 0 spiro atoms. The number of aryl methyl sites for hydroxylation is 1. The van der Waals surface area contributed by atoms with Crippen LogP contribution in [0.3, 0.4) is 0 Å². The van der Waals surface area contributed by atoms with Crippen LogP contribution in [0.4, 0.5) is 0 Å². The number of alkyl halides is 1. The van der Waals surface area contributed by atoms with Crippen molar-refractivity contribution < 1.29 is 22.6 Å². The number of ether oxygens (including phenoxy) is 1. The number of methoxy groups -OCH3 is 1. The zero-order chi connectivity index (χ0) is 21.4. The molecule has 2 aromatic carbocycles. The largest absolute Gasteiger partial charge is 0.497 e. The first-order chi connectivity index (χ1) is 13.8. The molecule has 0 aromatic heterocycles. The van der Waals surface area contributed by atoms with Crippen molar-refractivity contribution in [2.75, 3.05) is 20.3 Å². The van der Waals surface area contributed by atoms with Gasteiger partial charge in [-0.15, -0.1) is 11.6 Å². The van der Waals surface area contributed by atoms with E-state index in [1.807, 2.05) is 19.1 Å².